The summed E-state index contributed by atoms with van der Waals surface area (Å²) in [7, 11) is 0. The Morgan fingerprint density at radius 1 is 1.08 bits per heavy atom. The molecule has 0 bridgehead atoms. The Bertz CT molecular complexity index is 910. The van der Waals surface area contributed by atoms with Gasteiger partial charge < -0.3 is 20.9 Å². The third-order valence-electron chi connectivity index (χ3n) is 3.34. The van der Waals surface area contributed by atoms with Crippen LogP contribution in [0, 0.1) is 0 Å². The summed E-state index contributed by atoms with van der Waals surface area (Å²) in [4.78, 5) is 31.3. The van der Waals surface area contributed by atoms with Gasteiger partial charge in [0.2, 0.25) is 17.6 Å². The maximum atomic E-state index is 12.1. The van der Waals surface area contributed by atoms with E-state index in [0.29, 0.717) is 35.2 Å². The van der Waals surface area contributed by atoms with Crippen LogP contribution in [0.1, 0.15) is 12.3 Å². The van der Waals surface area contributed by atoms with Crippen LogP contribution in [0.2, 0.25) is 0 Å². The summed E-state index contributed by atoms with van der Waals surface area (Å²) in [6, 6.07) is 11.4. The van der Waals surface area contributed by atoms with E-state index in [4.69, 9.17) is 10.3 Å². The van der Waals surface area contributed by atoms with Crippen molar-refractivity contribution >= 4 is 23.3 Å². The molecule has 0 saturated carbocycles. The fraction of sp³-hybridized carbons (Fsp3) is 0.118. The second-order valence-electron chi connectivity index (χ2n) is 5.34. The first-order valence-electron chi connectivity index (χ1n) is 7.80. The molecule has 9 heteroatoms. The van der Waals surface area contributed by atoms with E-state index in [1.165, 1.54) is 0 Å². The van der Waals surface area contributed by atoms with Gasteiger partial charge in [0.25, 0.3) is 0 Å². The zero-order chi connectivity index (χ0) is 18.4. The number of nitrogens with one attached hydrogen (secondary N) is 2. The first-order chi connectivity index (χ1) is 12.6. The number of carbonyl (C=O) groups is 2. The monoisotopic (exact) mass is 352 g/mol. The van der Waals surface area contributed by atoms with E-state index in [1.807, 2.05) is 6.07 Å². The highest BCUT2D eigenvalue weighted by atomic mass is 16.5. The molecule has 0 spiro atoms. The van der Waals surface area contributed by atoms with Gasteiger partial charge in [0.05, 0.1) is 0 Å². The number of primary amides is 1. The van der Waals surface area contributed by atoms with Crippen molar-refractivity contribution in [2.24, 2.45) is 5.73 Å². The molecule has 3 amide bonds. The smallest absolute Gasteiger partial charge is 0.316 e. The quantitative estimate of drug-likeness (QED) is 0.622. The molecule has 0 unspecified atom stereocenters. The molecule has 26 heavy (non-hydrogen) atoms. The normalized spacial score (nSPS) is 10.3. The van der Waals surface area contributed by atoms with E-state index in [-0.39, 0.29) is 12.3 Å². The maximum absolute atomic E-state index is 12.1. The number of carbonyl (C=O) groups excluding carboxylic acids is 2. The van der Waals surface area contributed by atoms with Crippen LogP contribution in [-0.4, -0.2) is 27.1 Å². The number of benzene rings is 1. The van der Waals surface area contributed by atoms with Crippen LogP contribution in [0.3, 0.4) is 0 Å². The highest BCUT2D eigenvalue weighted by molar-refractivity contribution is 5.93. The number of hydrogen-bond acceptors (Lipinski definition) is 6. The number of pyridine rings is 1. The molecule has 0 radical (unpaired) electrons. The standard InChI is InChI=1S/C17H16N6O3/c18-17(25)21-12-5-3-4-11(10-12)20-14(24)7-8-15-22-16(23-26-15)13-6-1-2-9-19-13/h1-6,9-10H,7-8H2,(H,20,24)(H3,18,21,25). The Labute approximate surface area is 148 Å². The van der Waals surface area contributed by atoms with Gasteiger partial charge in [-0.1, -0.05) is 17.3 Å². The van der Waals surface area contributed by atoms with Crippen molar-refractivity contribution in [2.45, 2.75) is 12.8 Å². The number of rotatable bonds is 6. The molecule has 0 aliphatic heterocycles. The highest BCUT2D eigenvalue weighted by Crippen LogP contribution is 2.16. The predicted octanol–water partition coefficient (Wildman–Crippen LogP) is 2.19. The zero-order valence-electron chi connectivity index (χ0n) is 13.7. The number of amides is 3. The van der Waals surface area contributed by atoms with Crippen molar-refractivity contribution in [2.75, 3.05) is 10.6 Å². The molecule has 2 aromatic heterocycles. The number of hydrogen-bond donors (Lipinski definition) is 3. The average molecular weight is 352 g/mol. The lowest BCUT2D eigenvalue weighted by molar-refractivity contribution is -0.116. The summed E-state index contributed by atoms with van der Waals surface area (Å²) in [6.45, 7) is 0. The van der Waals surface area contributed by atoms with E-state index in [1.54, 1.807) is 42.6 Å². The van der Waals surface area contributed by atoms with Gasteiger partial charge >= 0.3 is 6.03 Å². The zero-order valence-corrected chi connectivity index (χ0v) is 13.7. The van der Waals surface area contributed by atoms with Crippen molar-refractivity contribution < 1.29 is 14.1 Å². The molecular formula is C17H16N6O3. The van der Waals surface area contributed by atoms with Crippen LogP contribution >= 0.6 is 0 Å². The minimum absolute atomic E-state index is 0.164. The predicted molar refractivity (Wildman–Crippen MR) is 94.1 cm³/mol. The average Bonchev–Trinajstić information content (AvgIpc) is 3.09. The lowest BCUT2D eigenvalue weighted by atomic mass is 10.2. The summed E-state index contributed by atoms with van der Waals surface area (Å²) in [5.41, 5.74) is 6.70. The fourth-order valence-corrected chi connectivity index (χ4v) is 2.22. The number of aryl methyl sites for hydroxylation is 1. The number of urea groups is 1. The molecule has 2 heterocycles. The summed E-state index contributed by atoms with van der Waals surface area (Å²) in [6.07, 6.45) is 2.10. The van der Waals surface area contributed by atoms with Gasteiger partial charge in [-0.15, -0.1) is 0 Å². The number of nitrogens with zero attached hydrogens (tertiary/aromatic N) is 3. The Kier molecular flexibility index (Phi) is 5.18. The van der Waals surface area contributed by atoms with Crippen LogP contribution in [0.4, 0.5) is 16.2 Å². The summed E-state index contributed by atoms with van der Waals surface area (Å²) in [5, 5.41) is 9.03. The third-order valence-corrected chi connectivity index (χ3v) is 3.34. The third kappa shape index (κ3) is 4.63. The second-order valence-corrected chi connectivity index (χ2v) is 5.34. The Balaban J connectivity index is 1.55. The number of aromatic nitrogens is 3. The van der Waals surface area contributed by atoms with Crippen LogP contribution in [0.15, 0.2) is 53.2 Å². The largest absolute Gasteiger partial charge is 0.351 e. The molecule has 3 rings (SSSR count). The van der Waals surface area contributed by atoms with E-state index in [0.717, 1.165) is 0 Å². The van der Waals surface area contributed by atoms with E-state index < -0.39 is 6.03 Å². The minimum atomic E-state index is -0.673. The van der Waals surface area contributed by atoms with Crippen LogP contribution in [0.5, 0.6) is 0 Å². The Hall–Kier alpha value is -3.75. The van der Waals surface area contributed by atoms with E-state index in [9.17, 15) is 9.59 Å². The van der Waals surface area contributed by atoms with Gasteiger partial charge in [-0.3, -0.25) is 9.78 Å². The van der Waals surface area contributed by atoms with Gasteiger partial charge in [0, 0.05) is 30.4 Å². The van der Waals surface area contributed by atoms with Crippen molar-refractivity contribution in [3.8, 4) is 11.5 Å². The molecule has 0 fully saturated rings. The Morgan fingerprint density at radius 3 is 2.62 bits per heavy atom. The van der Waals surface area contributed by atoms with Crippen molar-refractivity contribution in [1.29, 1.82) is 0 Å². The fourth-order valence-electron chi connectivity index (χ4n) is 2.22. The lowest BCUT2D eigenvalue weighted by Crippen LogP contribution is -2.19. The molecular weight excluding hydrogens is 336 g/mol. The topological polar surface area (TPSA) is 136 Å². The van der Waals surface area contributed by atoms with Crippen LogP contribution in [-0.2, 0) is 11.2 Å². The van der Waals surface area contributed by atoms with Gasteiger partial charge in [0.1, 0.15) is 5.69 Å². The first kappa shape index (κ1) is 17.1. The van der Waals surface area contributed by atoms with Crippen molar-refractivity contribution in [3.05, 3.63) is 54.6 Å². The first-order valence-corrected chi connectivity index (χ1v) is 7.80. The summed E-state index contributed by atoms with van der Waals surface area (Å²) >= 11 is 0. The number of anilines is 2. The second kappa shape index (κ2) is 7.88. The summed E-state index contributed by atoms with van der Waals surface area (Å²) < 4.78 is 5.14. The van der Waals surface area contributed by atoms with Crippen molar-refractivity contribution in [1.82, 2.24) is 15.1 Å². The molecule has 132 valence electrons. The minimum Gasteiger partial charge on any atom is -0.351 e. The van der Waals surface area contributed by atoms with E-state index in [2.05, 4.69) is 25.8 Å². The highest BCUT2D eigenvalue weighted by Gasteiger charge is 2.11. The molecule has 0 aliphatic carbocycles. The molecule has 0 aliphatic rings. The number of nitrogens with two attached hydrogens (primary N) is 1. The Morgan fingerprint density at radius 2 is 1.88 bits per heavy atom. The molecule has 0 atom stereocenters. The summed E-state index contributed by atoms with van der Waals surface area (Å²) in [5.74, 6) is 0.509. The van der Waals surface area contributed by atoms with Crippen LogP contribution < -0.4 is 16.4 Å². The maximum Gasteiger partial charge on any atom is 0.316 e. The molecule has 1 aromatic carbocycles. The van der Waals surface area contributed by atoms with Gasteiger partial charge in [0.15, 0.2) is 0 Å². The van der Waals surface area contributed by atoms with Crippen LogP contribution in [0.25, 0.3) is 11.5 Å². The molecule has 3 aromatic rings. The SMILES string of the molecule is NC(=O)Nc1cccc(NC(=O)CCc2nc(-c3ccccn3)no2)c1. The molecule has 4 N–H and O–H groups in total. The van der Waals surface area contributed by atoms with Gasteiger partial charge in [-0.05, 0) is 30.3 Å². The van der Waals surface area contributed by atoms with E-state index >= 15 is 0 Å². The van der Waals surface area contributed by atoms with Gasteiger partial charge in [-0.25, -0.2) is 4.79 Å². The molecule has 0 saturated heterocycles. The lowest BCUT2D eigenvalue weighted by Gasteiger charge is -2.07. The van der Waals surface area contributed by atoms with Gasteiger partial charge in [-0.2, -0.15) is 4.98 Å². The molecule has 9 nitrogen and oxygen atoms in total. The van der Waals surface area contributed by atoms with Crippen molar-refractivity contribution in [3.63, 3.8) is 0 Å².